The normalized spacial score (nSPS) is 10.9. The lowest BCUT2D eigenvalue weighted by Crippen LogP contribution is -1.98. The summed E-state index contributed by atoms with van der Waals surface area (Å²) in [6, 6.07) is 0. The van der Waals surface area contributed by atoms with E-state index in [0.29, 0.717) is 11.0 Å². The van der Waals surface area contributed by atoms with E-state index in [1.54, 1.807) is 0 Å². The first-order chi connectivity index (χ1) is 7.16. The Balaban J connectivity index is 3.13. The van der Waals surface area contributed by atoms with Crippen LogP contribution in [0.25, 0.3) is 0 Å². The predicted octanol–water partition coefficient (Wildman–Crippen LogP) is 4.65. The van der Waals surface area contributed by atoms with Crippen molar-refractivity contribution in [3.05, 3.63) is 0 Å². The molecule has 15 heavy (non-hydrogen) atoms. The second-order valence-corrected chi connectivity index (χ2v) is 5.74. The summed E-state index contributed by atoms with van der Waals surface area (Å²) in [5.41, 5.74) is 0. The standard InChI is InChI=1S/C13H26OS/c1-4-5-6-7-8-9-10-15-13(14)11-12(2)3/h12H,4-11H2,1-3H3. The molecule has 0 N–H and O–H groups in total. The van der Waals surface area contributed by atoms with Gasteiger partial charge in [-0.15, -0.1) is 0 Å². The minimum Gasteiger partial charge on any atom is -0.287 e. The maximum atomic E-state index is 11.4. The van der Waals surface area contributed by atoms with Crippen LogP contribution in [0, 0.1) is 5.92 Å². The van der Waals surface area contributed by atoms with E-state index in [0.717, 1.165) is 12.2 Å². The van der Waals surface area contributed by atoms with Gasteiger partial charge in [-0.2, -0.15) is 0 Å². The number of thioether (sulfide) groups is 1. The van der Waals surface area contributed by atoms with Gasteiger partial charge >= 0.3 is 0 Å². The molecule has 0 fully saturated rings. The Labute approximate surface area is 99.4 Å². The average Bonchev–Trinajstić information content (AvgIpc) is 2.15. The topological polar surface area (TPSA) is 17.1 Å². The molecule has 0 amide bonds. The van der Waals surface area contributed by atoms with E-state index in [-0.39, 0.29) is 0 Å². The van der Waals surface area contributed by atoms with Crippen LogP contribution >= 0.6 is 11.8 Å². The second-order valence-electron chi connectivity index (χ2n) is 4.59. The zero-order valence-corrected chi connectivity index (χ0v) is 11.4. The molecular formula is C13H26OS. The van der Waals surface area contributed by atoms with Crippen molar-refractivity contribution in [2.24, 2.45) is 5.92 Å². The molecule has 0 rings (SSSR count). The molecule has 2 heteroatoms. The highest BCUT2D eigenvalue weighted by Gasteiger charge is 2.04. The second kappa shape index (κ2) is 10.5. The predicted molar refractivity (Wildman–Crippen MR) is 70.3 cm³/mol. The number of hydrogen-bond acceptors (Lipinski definition) is 2. The number of rotatable bonds is 9. The molecule has 0 aromatic rings. The van der Waals surface area contributed by atoms with Gasteiger partial charge in [0.15, 0.2) is 5.12 Å². The Hall–Kier alpha value is 0.0200. The molecule has 0 aliphatic heterocycles. The highest BCUT2D eigenvalue weighted by Crippen LogP contribution is 2.14. The Morgan fingerprint density at radius 2 is 1.67 bits per heavy atom. The first-order valence-electron chi connectivity index (χ1n) is 6.32. The van der Waals surface area contributed by atoms with Crippen molar-refractivity contribution in [2.75, 3.05) is 5.75 Å². The fourth-order valence-electron chi connectivity index (χ4n) is 1.46. The van der Waals surface area contributed by atoms with Crippen LogP contribution in [-0.4, -0.2) is 10.9 Å². The van der Waals surface area contributed by atoms with Gasteiger partial charge in [-0.25, -0.2) is 0 Å². The molecule has 90 valence electrons. The first-order valence-corrected chi connectivity index (χ1v) is 7.31. The van der Waals surface area contributed by atoms with Gasteiger partial charge in [0.05, 0.1) is 0 Å². The Kier molecular flexibility index (Phi) is 10.5. The van der Waals surface area contributed by atoms with Crippen LogP contribution in [0.3, 0.4) is 0 Å². The van der Waals surface area contributed by atoms with E-state index in [1.165, 1.54) is 50.3 Å². The van der Waals surface area contributed by atoms with E-state index < -0.39 is 0 Å². The Morgan fingerprint density at radius 1 is 1.07 bits per heavy atom. The minimum atomic E-state index is 0.374. The van der Waals surface area contributed by atoms with Gasteiger partial charge in [0.1, 0.15) is 0 Å². The van der Waals surface area contributed by atoms with Crippen molar-refractivity contribution in [1.82, 2.24) is 0 Å². The van der Waals surface area contributed by atoms with E-state index in [4.69, 9.17) is 0 Å². The van der Waals surface area contributed by atoms with Crippen LogP contribution < -0.4 is 0 Å². The summed E-state index contributed by atoms with van der Waals surface area (Å²) in [6.45, 7) is 6.44. The summed E-state index contributed by atoms with van der Waals surface area (Å²) >= 11 is 1.53. The fraction of sp³-hybridized carbons (Fsp3) is 0.923. The van der Waals surface area contributed by atoms with Crippen molar-refractivity contribution in [1.29, 1.82) is 0 Å². The molecule has 0 aromatic heterocycles. The summed E-state index contributed by atoms with van der Waals surface area (Å²) in [6.07, 6.45) is 8.61. The zero-order chi connectivity index (χ0) is 11.5. The van der Waals surface area contributed by atoms with Crippen molar-refractivity contribution in [3.63, 3.8) is 0 Å². The lowest BCUT2D eigenvalue weighted by atomic mass is 10.1. The number of hydrogen-bond donors (Lipinski definition) is 0. The summed E-state index contributed by atoms with van der Waals surface area (Å²) in [4.78, 5) is 11.4. The van der Waals surface area contributed by atoms with Gasteiger partial charge in [0, 0.05) is 12.2 Å². The molecular weight excluding hydrogens is 204 g/mol. The van der Waals surface area contributed by atoms with E-state index in [2.05, 4.69) is 20.8 Å². The quantitative estimate of drug-likeness (QED) is 0.536. The van der Waals surface area contributed by atoms with Gasteiger partial charge in [-0.05, 0) is 12.3 Å². The van der Waals surface area contributed by atoms with Crippen LogP contribution in [0.2, 0.25) is 0 Å². The Morgan fingerprint density at radius 3 is 2.27 bits per heavy atom. The van der Waals surface area contributed by atoms with Gasteiger partial charge in [0.2, 0.25) is 0 Å². The molecule has 0 aromatic carbocycles. The van der Waals surface area contributed by atoms with Crippen molar-refractivity contribution in [2.45, 2.75) is 65.7 Å². The summed E-state index contributed by atoms with van der Waals surface area (Å²) in [5.74, 6) is 1.53. The van der Waals surface area contributed by atoms with Crippen molar-refractivity contribution in [3.8, 4) is 0 Å². The maximum Gasteiger partial charge on any atom is 0.189 e. The monoisotopic (exact) mass is 230 g/mol. The van der Waals surface area contributed by atoms with Crippen LogP contribution in [0.1, 0.15) is 65.7 Å². The summed E-state index contributed by atoms with van der Waals surface area (Å²) in [7, 11) is 0. The highest BCUT2D eigenvalue weighted by molar-refractivity contribution is 8.13. The number of carbonyl (C=O) groups is 1. The zero-order valence-electron chi connectivity index (χ0n) is 10.6. The molecule has 0 heterocycles. The molecule has 0 saturated carbocycles. The molecule has 0 saturated heterocycles. The van der Waals surface area contributed by atoms with Crippen LogP contribution in [0.15, 0.2) is 0 Å². The highest BCUT2D eigenvalue weighted by atomic mass is 32.2. The number of unbranched alkanes of at least 4 members (excludes halogenated alkanes) is 5. The third kappa shape index (κ3) is 11.9. The van der Waals surface area contributed by atoms with Gasteiger partial charge in [0.25, 0.3) is 0 Å². The van der Waals surface area contributed by atoms with Gasteiger partial charge in [-0.3, -0.25) is 4.79 Å². The molecule has 0 radical (unpaired) electrons. The maximum absolute atomic E-state index is 11.4. The third-order valence-corrected chi connectivity index (χ3v) is 3.32. The van der Waals surface area contributed by atoms with Gasteiger partial charge < -0.3 is 0 Å². The molecule has 0 aliphatic rings. The first kappa shape index (κ1) is 15.0. The van der Waals surface area contributed by atoms with Gasteiger partial charge in [-0.1, -0.05) is 64.6 Å². The molecule has 1 nitrogen and oxygen atoms in total. The SMILES string of the molecule is CCCCCCCCSC(=O)CC(C)C. The van der Waals surface area contributed by atoms with Crippen LogP contribution in [0.4, 0.5) is 0 Å². The molecule has 0 bridgehead atoms. The van der Waals surface area contributed by atoms with E-state index in [9.17, 15) is 4.79 Å². The minimum absolute atomic E-state index is 0.374. The molecule has 0 atom stereocenters. The lowest BCUT2D eigenvalue weighted by molar-refractivity contribution is -0.111. The Bertz CT molecular complexity index is 155. The lowest BCUT2D eigenvalue weighted by Gasteiger charge is -2.03. The smallest absolute Gasteiger partial charge is 0.189 e. The number of carbonyl (C=O) groups excluding carboxylic acids is 1. The summed E-state index contributed by atoms with van der Waals surface area (Å²) < 4.78 is 0. The van der Waals surface area contributed by atoms with E-state index in [1.807, 2.05) is 0 Å². The van der Waals surface area contributed by atoms with E-state index >= 15 is 0 Å². The van der Waals surface area contributed by atoms with Crippen LogP contribution in [0.5, 0.6) is 0 Å². The van der Waals surface area contributed by atoms with Crippen LogP contribution in [-0.2, 0) is 4.79 Å². The molecule has 0 unspecified atom stereocenters. The third-order valence-electron chi connectivity index (χ3n) is 2.34. The van der Waals surface area contributed by atoms with Crippen molar-refractivity contribution < 1.29 is 4.79 Å². The fourth-order valence-corrected chi connectivity index (χ4v) is 2.49. The summed E-state index contributed by atoms with van der Waals surface area (Å²) in [5, 5.41) is 0.374. The molecule has 0 spiro atoms. The molecule has 0 aliphatic carbocycles. The average molecular weight is 230 g/mol. The van der Waals surface area contributed by atoms with Crippen molar-refractivity contribution >= 4 is 16.9 Å². The largest absolute Gasteiger partial charge is 0.287 e.